The number of hydrogen-bond donors (Lipinski definition) is 0. The van der Waals surface area contributed by atoms with Gasteiger partial charge in [-0.3, -0.25) is 9.88 Å². The normalized spacial score (nSPS) is 23.7. The third kappa shape index (κ3) is 4.06. The van der Waals surface area contributed by atoms with Crippen LogP contribution < -0.4 is 0 Å². The molecule has 0 amide bonds. The lowest BCUT2D eigenvalue weighted by Crippen LogP contribution is -2.45. The van der Waals surface area contributed by atoms with Gasteiger partial charge in [0.15, 0.2) is 0 Å². The van der Waals surface area contributed by atoms with E-state index in [1.165, 1.54) is 5.56 Å². The second kappa shape index (κ2) is 7.77. The van der Waals surface area contributed by atoms with E-state index in [4.69, 9.17) is 4.74 Å². The zero-order valence-electron chi connectivity index (χ0n) is 14.4. The molecule has 2 aliphatic rings. The first kappa shape index (κ1) is 16.2. The molecule has 128 valence electrons. The Labute approximate surface area is 149 Å². The minimum atomic E-state index is 0.298. The largest absolute Gasteiger partial charge is 0.375 e. The fourth-order valence-electron chi connectivity index (χ4n) is 3.57. The Morgan fingerprint density at radius 1 is 1.08 bits per heavy atom. The number of ether oxygens (including phenoxy) is 1. The molecule has 3 heteroatoms. The highest BCUT2D eigenvalue weighted by Gasteiger charge is 2.26. The predicted molar refractivity (Wildman–Crippen MR) is 101 cm³/mol. The van der Waals surface area contributed by atoms with E-state index in [2.05, 4.69) is 58.5 Å². The van der Waals surface area contributed by atoms with Crippen LogP contribution in [0.2, 0.25) is 0 Å². The first-order valence-corrected chi connectivity index (χ1v) is 9.06. The number of nitrogens with zero attached hydrogens (tertiary/aromatic N) is 2. The van der Waals surface area contributed by atoms with Crippen molar-refractivity contribution in [3.05, 3.63) is 78.5 Å². The van der Waals surface area contributed by atoms with Gasteiger partial charge < -0.3 is 4.74 Å². The summed E-state index contributed by atoms with van der Waals surface area (Å²) < 4.78 is 6.02. The molecule has 0 bridgehead atoms. The summed E-state index contributed by atoms with van der Waals surface area (Å²) in [5, 5.41) is 0. The minimum absolute atomic E-state index is 0.298. The summed E-state index contributed by atoms with van der Waals surface area (Å²) in [5.74, 6) is 0.506. The molecule has 2 atom stereocenters. The smallest absolute Gasteiger partial charge is 0.0768 e. The highest BCUT2D eigenvalue weighted by molar-refractivity contribution is 5.58. The third-order valence-electron chi connectivity index (χ3n) is 4.97. The monoisotopic (exact) mass is 332 g/mol. The highest BCUT2D eigenvalue weighted by Crippen LogP contribution is 2.23. The maximum atomic E-state index is 6.02. The number of aromatic nitrogens is 1. The highest BCUT2D eigenvalue weighted by atomic mass is 16.5. The third-order valence-corrected chi connectivity index (χ3v) is 4.97. The van der Waals surface area contributed by atoms with E-state index in [9.17, 15) is 0 Å². The summed E-state index contributed by atoms with van der Waals surface area (Å²) in [4.78, 5) is 7.13. The Morgan fingerprint density at radius 2 is 2.00 bits per heavy atom. The van der Waals surface area contributed by atoms with Gasteiger partial charge in [0.2, 0.25) is 0 Å². The van der Waals surface area contributed by atoms with Crippen molar-refractivity contribution < 1.29 is 4.74 Å². The number of morpholine rings is 1. The van der Waals surface area contributed by atoms with Gasteiger partial charge in [0, 0.05) is 37.3 Å². The van der Waals surface area contributed by atoms with Crippen LogP contribution in [-0.4, -0.2) is 35.7 Å². The summed E-state index contributed by atoms with van der Waals surface area (Å²) in [6, 6.07) is 14.6. The standard InChI is InChI=1S/C22H24N2O/c1-3-7-19(8-4-1)21-12-11-18(15-23-21)16-24-13-14-25-22(17-24)20-9-5-2-6-10-20/h1-9,11-12,15,20,22H,10,13-14,16-17H2/t20?,22-/m1/s1. The molecule has 1 aliphatic heterocycles. The number of pyridine rings is 1. The number of allylic oxidation sites excluding steroid dienone is 3. The lowest BCUT2D eigenvalue weighted by atomic mass is 9.93. The molecule has 1 fully saturated rings. The van der Waals surface area contributed by atoms with Crippen LogP contribution in [0.1, 0.15) is 12.0 Å². The molecule has 4 rings (SSSR count). The zero-order chi connectivity index (χ0) is 16.9. The van der Waals surface area contributed by atoms with Gasteiger partial charge in [-0.1, -0.05) is 60.7 Å². The van der Waals surface area contributed by atoms with E-state index in [-0.39, 0.29) is 0 Å². The predicted octanol–water partition coefficient (Wildman–Crippen LogP) is 4.08. The number of hydrogen-bond acceptors (Lipinski definition) is 3. The van der Waals surface area contributed by atoms with Crippen LogP contribution in [0, 0.1) is 5.92 Å². The molecule has 0 radical (unpaired) electrons. The minimum Gasteiger partial charge on any atom is -0.375 e. The summed E-state index contributed by atoms with van der Waals surface area (Å²) in [7, 11) is 0. The molecule has 3 nitrogen and oxygen atoms in total. The Hall–Kier alpha value is -2.23. The Morgan fingerprint density at radius 3 is 2.76 bits per heavy atom. The quantitative estimate of drug-likeness (QED) is 0.843. The van der Waals surface area contributed by atoms with Crippen LogP contribution in [0.25, 0.3) is 11.3 Å². The van der Waals surface area contributed by atoms with Crippen LogP contribution >= 0.6 is 0 Å². The van der Waals surface area contributed by atoms with Gasteiger partial charge in [-0.2, -0.15) is 0 Å². The summed E-state index contributed by atoms with van der Waals surface area (Å²) >= 11 is 0. The zero-order valence-corrected chi connectivity index (χ0v) is 14.4. The molecule has 1 unspecified atom stereocenters. The molecular weight excluding hydrogens is 308 g/mol. The Kier molecular flexibility index (Phi) is 5.05. The first-order chi connectivity index (χ1) is 12.4. The van der Waals surface area contributed by atoms with Crippen LogP contribution in [-0.2, 0) is 11.3 Å². The summed E-state index contributed by atoms with van der Waals surface area (Å²) in [6.07, 6.45) is 12.2. The van der Waals surface area contributed by atoms with Crippen molar-refractivity contribution in [3.63, 3.8) is 0 Å². The maximum absolute atomic E-state index is 6.02. The molecule has 0 spiro atoms. The van der Waals surface area contributed by atoms with Gasteiger partial charge >= 0.3 is 0 Å². The van der Waals surface area contributed by atoms with Crippen LogP contribution in [0.3, 0.4) is 0 Å². The van der Waals surface area contributed by atoms with Gasteiger partial charge in [0.1, 0.15) is 0 Å². The number of benzene rings is 1. The molecule has 1 aliphatic carbocycles. The topological polar surface area (TPSA) is 25.4 Å². The average molecular weight is 332 g/mol. The fourth-order valence-corrected chi connectivity index (χ4v) is 3.57. The van der Waals surface area contributed by atoms with Crippen molar-refractivity contribution in [2.45, 2.75) is 19.1 Å². The van der Waals surface area contributed by atoms with Crippen molar-refractivity contribution in [2.24, 2.45) is 5.92 Å². The SMILES string of the molecule is C1=CCC([C@H]2CN(Cc3ccc(-c4ccccc4)nc3)CCO2)C=C1. The Balaban J connectivity index is 1.38. The van der Waals surface area contributed by atoms with Crippen LogP contribution in [0.5, 0.6) is 0 Å². The molecule has 0 N–H and O–H groups in total. The van der Waals surface area contributed by atoms with Crippen molar-refractivity contribution in [1.82, 2.24) is 9.88 Å². The summed E-state index contributed by atoms with van der Waals surface area (Å²) in [6.45, 7) is 3.73. The van der Waals surface area contributed by atoms with E-state index < -0.39 is 0 Å². The van der Waals surface area contributed by atoms with Crippen molar-refractivity contribution in [3.8, 4) is 11.3 Å². The summed E-state index contributed by atoms with van der Waals surface area (Å²) in [5.41, 5.74) is 3.46. The first-order valence-electron chi connectivity index (χ1n) is 9.06. The lowest BCUT2D eigenvalue weighted by Gasteiger charge is -2.36. The van der Waals surface area contributed by atoms with E-state index in [0.717, 1.165) is 43.9 Å². The Bertz CT molecular complexity index is 736. The van der Waals surface area contributed by atoms with E-state index >= 15 is 0 Å². The molecule has 1 aromatic carbocycles. The van der Waals surface area contributed by atoms with Gasteiger partial charge in [0.05, 0.1) is 18.4 Å². The maximum Gasteiger partial charge on any atom is 0.0768 e. The van der Waals surface area contributed by atoms with Crippen LogP contribution in [0.15, 0.2) is 73.0 Å². The molecule has 1 saturated heterocycles. The van der Waals surface area contributed by atoms with Crippen molar-refractivity contribution in [2.75, 3.05) is 19.7 Å². The molecule has 2 aromatic rings. The van der Waals surface area contributed by atoms with Crippen molar-refractivity contribution >= 4 is 0 Å². The molecular formula is C22H24N2O. The van der Waals surface area contributed by atoms with Gasteiger partial charge in [-0.25, -0.2) is 0 Å². The van der Waals surface area contributed by atoms with E-state index in [0.29, 0.717) is 12.0 Å². The molecule has 2 heterocycles. The molecule has 0 saturated carbocycles. The van der Waals surface area contributed by atoms with E-state index in [1.807, 2.05) is 24.4 Å². The van der Waals surface area contributed by atoms with Gasteiger partial charge in [-0.05, 0) is 18.1 Å². The average Bonchev–Trinajstić information content (AvgIpc) is 2.70. The van der Waals surface area contributed by atoms with Crippen LogP contribution in [0.4, 0.5) is 0 Å². The van der Waals surface area contributed by atoms with E-state index in [1.54, 1.807) is 0 Å². The second-order valence-electron chi connectivity index (χ2n) is 6.77. The fraction of sp³-hybridized carbons (Fsp3) is 0.318. The molecule has 25 heavy (non-hydrogen) atoms. The van der Waals surface area contributed by atoms with Crippen molar-refractivity contribution in [1.29, 1.82) is 0 Å². The second-order valence-corrected chi connectivity index (χ2v) is 6.77. The van der Waals surface area contributed by atoms with Gasteiger partial charge in [-0.15, -0.1) is 0 Å². The lowest BCUT2D eigenvalue weighted by molar-refractivity contribution is -0.0504. The number of rotatable bonds is 4. The molecule has 1 aromatic heterocycles. The van der Waals surface area contributed by atoms with Gasteiger partial charge in [0.25, 0.3) is 0 Å².